The number of aromatic nitrogens is 1. The van der Waals surface area contributed by atoms with Crippen LogP contribution in [0.2, 0.25) is 0 Å². The van der Waals surface area contributed by atoms with Gasteiger partial charge in [0.05, 0.1) is 12.1 Å². The number of nitrogens with one attached hydrogen (secondary N) is 1. The van der Waals surface area contributed by atoms with Crippen LogP contribution in [0.4, 0.5) is 0 Å². The normalized spacial score (nSPS) is 10.7. The van der Waals surface area contributed by atoms with E-state index in [1.54, 1.807) is 30.3 Å². The van der Waals surface area contributed by atoms with E-state index in [1.807, 2.05) is 17.5 Å². The lowest BCUT2D eigenvalue weighted by atomic mass is 10.1. The van der Waals surface area contributed by atoms with Gasteiger partial charge in [0, 0.05) is 16.8 Å². The van der Waals surface area contributed by atoms with E-state index in [0.717, 1.165) is 4.88 Å². The Labute approximate surface area is 142 Å². The third kappa shape index (κ3) is 2.83. The van der Waals surface area contributed by atoms with Crippen LogP contribution in [0.1, 0.15) is 15.2 Å². The Bertz CT molecular complexity index is 958. The summed E-state index contributed by atoms with van der Waals surface area (Å²) in [6, 6.07) is 10.7. The van der Waals surface area contributed by atoms with Gasteiger partial charge in [0.15, 0.2) is 0 Å². The standard InChI is InChI=1S/C18H16N2O3S/c1-2-9-20-14-8-4-3-7-13(14)16(21)15(18(20)23)17(22)19-11-12-6-5-10-24-12/h2-8,10,21H,1,9,11H2,(H,19,22). The van der Waals surface area contributed by atoms with E-state index in [0.29, 0.717) is 17.4 Å². The molecule has 3 aromatic rings. The molecule has 0 atom stereocenters. The Morgan fingerprint density at radius 1 is 1.29 bits per heavy atom. The molecule has 0 saturated heterocycles. The van der Waals surface area contributed by atoms with Crippen molar-refractivity contribution >= 4 is 28.1 Å². The molecule has 2 aromatic heterocycles. The Hall–Kier alpha value is -2.86. The lowest BCUT2D eigenvalue weighted by molar-refractivity contribution is 0.0947. The maximum absolute atomic E-state index is 12.7. The van der Waals surface area contributed by atoms with Crippen LogP contribution in [-0.4, -0.2) is 15.6 Å². The van der Waals surface area contributed by atoms with Crippen molar-refractivity contribution in [1.29, 1.82) is 0 Å². The predicted molar refractivity (Wildman–Crippen MR) is 95.6 cm³/mol. The summed E-state index contributed by atoms with van der Waals surface area (Å²) in [5.74, 6) is -0.881. The van der Waals surface area contributed by atoms with Gasteiger partial charge in [0.2, 0.25) is 0 Å². The summed E-state index contributed by atoms with van der Waals surface area (Å²) in [6.45, 7) is 4.21. The summed E-state index contributed by atoms with van der Waals surface area (Å²) in [5.41, 5.74) is -0.211. The maximum atomic E-state index is 12.7. The molecule has 0 radical (unpaired) electrons. The van der Waals surface area contributed by atoms with Crippen molar-refractivity contribution in [3.05, 3.63) is 75.2 Å². The summed E-state index contributed by atoms with van der Waals surface area (Å²) in [7, 11) is 0. The third-order valence-electron chi connectivity index (χ3n) is 3.69. The third-order valence-corrected chi connectivity index (χ3v) is 4.56. The van der Waals surface area contributed by atoms with E-state index in [2.05, 4.69) is 11.9 Å². The summed E-state index contributed by atoms with van der Waals surface area (Å²) in [5, 5.41) is 15.5. The minimum Gasteiger partial charge on any atom is -0.506 e. The first kappa shape index (κ1) is 16.0. The van der Waals surface area contributed by atoms with Gasteiger partial charge in [-0.2, -0.15) is 0 Å². The van der Waals surface area contributed by atoms with Gasteiger partial charge in [0.25, 0.3) is 11.5 Å². The van der Waals surface area contributed by atoms with Crippen molar-refractivity contribution in [2.45, 2.75) is 13.1 Å². The molecule has 0 aliphatic rings. The number of hydrogen-bond donors (Lipinski definition) is 2. The van der Waals surface area contributed by atoms with Crippen LogP contribution in [-0.2, 0) is 13.1 Å². The van der Waals surface area contributed by atoms with Crippen LogP contribution in [0, 0.1) is 0 Å². The highest BCUT2D eigenvalue weighted by atomic mass is 32.1. The number of fused-ring (bicyclic) bond motifs is 1. The molecule has 5 nitrogen and oxygen atoms in total. The van der Waals surface area contributed by atoms with Crippen LogP contribution in [0.5, 0.6) is 5.75 Å². The second-order valence-electron chi connectivity index (χ2n) is 5.21. The van der Waals surface area contributed by atoms with Crippen molar-refractivity contribution in [1.82, 2.24) is 9.88 Å². The van der Waals surface area contributed by atoms with Crippen LogP contribution in [0.25, 0.3) is 10.9 Å². The number of carbonyl (C=O) groups excluding carboxylic acids is 1. The van der Waals surface area contributed by atoms with Gasteiger partial charge in [0.1, 0.15) is 11.3 Å². The van der Waals surface area contributed by atoms with Crippen LogP contribution in [0.3, 0.4) is 0 Å². The van der Waals surface area contributed by atoms with E-state index in [-0.39, 0.29) is 17.9 Å². The van der Waals surface area contributed by atoms with E-state index in [1.165, 1.54) is 15.9 Å². The average molecular weight is 340 g/mol. The van der Waals surface area contributed by atoms with Gasteiger partial charge in [-0.25, -0.2) is 0 Å². The SMILES string of the molecule is C=CCn1c(=O)c(C(=O)NCc2cccs2)c(O)c2ccccc21. The van der Waals surface area contributed by atoms with E-state index >= 15 is 0 Å². The molecule has 1 aromatic carbocycles. The lowest BCUT2D eigenvalue weighted by Crippen LogP contribution is -2.33. The van der Waals surface area contributed by atoms with Crippen molar-refractivity contribution in [2.75, 3.05) is 0 Å². The smallest absolute Gasteiger partial charge is 0.268 e. The zero-order valence-corrected chi connectivity index (χ0v) is 13.7. The highest BCUT2D eigenvalue weighted by Gasteiger charge is 2.21. The fourth-order valence-corrected chi connectivity index (χ4v) is 3.22. The quantitative estimate of drug-likeness (QED) is 0.702. The molecule has 24 heavy (non-hydrogen) atoms. The topological polar surface area (TPSA) is 71.3 Å². The number of rotatable bonds is 5. The Balaban J connectivity index is 2.08. The fourth-order valence-electron chi connectivity index (χ4n) is 2.57. The molecule has 3 rings (SSSR count). The van der Waals surface area contributed by atoms with Crippen molar-refractivity contribution in [3.63, 3.8) is 0 Å². The summed E-state index contributed by atoms with van der Waals surface area (Å²) in [6.07, 6.45) is 1.58. The predicted octanol–water partition coefficient (Wildman–Crippen LogP) is 2.88. The van der Waals surface area contributed by atoms with E-state index in [9.17, 15) is 14.7 Å². The summed E-state index contributed by atoms with van der Waals surface area (Å²) in [4.78, 5) is 26.1. The molecular formula is C18H16N2O3S. The zero-order valence-electron chi connectivity index (χ0n) is 12.9. The minimum atomic E-state index is -0.588. The first-order valence-corrected chi connectivity index (χ1v) is 8.27. The molecule has 0 fully saturated rings. The van der Waals surface area contributed by atoms with Gasteiger partial charge < -0.3 is 15.0 Å². The van der Waals surface area contributed by atoms with Crippen LogP contribution in [0.15, 0.2) is 59.2 Å². The van der Waals surface area contributed by atoms with Crippen molar-refractivity contribution in [3.8, 4) is 5.75 Å². The molecule has 2 heterocycles. The molecule has 0 aliphatic carbocycles. The van der Waals surface area contributed by atoms with Crippen molar-refractivity contribution in [2.24, 2.45) is 0 Å². The maximum Gasteiger partial charge on any atom is 0.268 e. The number of allylic oxidation sites excluding steroid dienone is 1. The number of carbonyl (C=O) groups is 1. The van der Waals surface area contributed by atoms with Gasteiger partial charge in [-0.05, 0) is 23.6 Å². The molecule has 0 spiro atoms. The Morgan fingerprint density at radius 3 is 2.79 bits per heavy atom. The highest BCUT2D eigenvalue weighted by Crippen LogP contribution is 2.26. The highest BCUT2D eigenvalue weighted by molar-refractivity contribution is 7.09. The molecule has 0 unspecified atom stereocenters. The summed E-state index contributed by atoms with van der Waals surface area (Å²) >= 11 is 1.51. The largest absolute Gasteiger partial charge is 0.506 e. The first-order chi connectivity index (χ1) is 11.6. The lowest BCUT2D eigenvalue weighted by Gasteiger charge is -2.13. The molecule has 0 bridgehead atoms. The Kier molecular flexibility index (Phi) is 4.48. The number of aromatic hydroxyl groups is 1. The van der Waals surface area contributed by atoms with Crippen molar-refractivity contribution < 1.29 is 9.90 Å². The number of benzene rings is 1. The summed E-state index contributed by atoms with van der Waals surface area (Å²) < 4.78 is 1.43. The fraction of sp³-hybridized carbons (Fsp3) is 0.111. The molecule has 0 aliphatic heterocycles. The number of para-hydroxylation sites is 1. The number of nitrogens with zero attached hydrogens (tertiary/aromatic N) is 1. The van der Waals surface area contributed by atoms with Gasteiger partial charge in [-0.3, -0.25) is 9.59 Å². The molecule has 1 amide bonds. The number of pyridine rings is 1. The molecule has 6 heteroatoms. The van der Waals surface area contributed by atoms with Gasteiger partial charge in [-0.15, -0.1) is 17.9 Å². The molecule has 0 saturated carbocycles. The second kappa shape index (κ2) is 6.72. The van der Waals surface area contributed by atoms with Crippen LogP contribution >= 0.6 is 11.3 Å². The van der Waals surface area contributed by atoms with Crippen LogP contribution < -0.4 is 10.9 Å². The molecular weight excluding hydrogens is 324 g/mol. The molecule has 2 N–H and O–H groups in total. The minimum absolute atomic E-state index is 0.243. The van der Waals surface area contributed by atoms with E-state index in [4.69, 9.17) is 0 Å². The average Bonchev–Trinajstić information content (AvgIpc) is 3.10. The number of amides is 1. The van der Waals surface area contributed by atoms with E-state index < -0.39 is 11.5 Å². The monoisotopic (exact) mass is 340 g/mol. The van der Waals surface area contributed by atoms with Gasteiger partial charge >= 0.3 is 0 Å². The molecule has 122 valence electrons. The van der Waals surface area contributed by atoms with Gasteiger partial charge in [-0.1, -0.05) is 24.3 Å². The number of hydrogen-bond acceptors (Lipinski definition) is 4. The zero-order chi connectivity index (χ0) is 17.1. The number of thiophene rings is 1. The Morgan fingerprint density at radius 2 is 2.08 bits per heavy atom. The first-order valence-electron chi connectivity index (χ1n) is 7.39. The second-order valence-corrected chi connectivity index (χ2v) is 6.24.